The van der Waals surface area contributed by atoms with Crippen LogP contribution in [0.4, 0.5) is 0 Å². The van der Waals surface area contributed by atoms with E-state index in [1.54, 1.807) is 0 Å². The second-order valence-corrected chi connectivity index (χ2v) is 7.07. The van der Waals surface area contributed by atoms with Gasteiger partial charge < -0.3 is 5.32 Å². The van der Waals surface area contributed by atoms with Gasteiger partial charge in [-0.25, -0.2) is 0 Å². The summed E-state index contributed by atoms with van der Waals surface area (Å²) in [6, 6.07) is 0. The molecule has 1 atom stereocenters. The summed E-state index contributed by atoms with van der Waals surface area (Å²) in [4.78, 5) is 0. The summed E-state index contributed by atoms with van der Waals surface area (Å²) in [5.41, 5.74) is 1.07. The van der Waals surface area contributed by atoms with Crippen LogP contribution in [-0.2, 0) is 0 Å². The molecule has 0 amide bonds. The lowest BCUT2D eigenvalue weighted by Gasteiger charge is -2.15. The van der Waals surface area contributed by atoms with Gasteiger partial charge in [0, 0.05) is 0 Å². The minimum Gasteiger partial charge on any atom is -0.316 e. The van der Waals surface area contributed by atoms with E-state index >= 15 is 0 Å². The first-order valence-electron chi connectivity index (χ1n) is 7.58. The molecule has 17 heavy (non-hydrogen) atoms. The molecular formula is C16H33N. The van der Waals surface area contributed by atoms with E-state index in [-0.39, 0.29) is 0 Å². The quantitative estimate of drug-likeness (QED) is 0.659. The molecule has 0 aliphatic heterocycles. The van der Waals surface area contributed by atoms with E-state index < -0.39 is 0 Å². The zero-order chi connectivity index (χ0) is 13.1. The fourth-order valence-electron chi connectivity index (χ4n) is 3.22. The monoisotopic (exact) mass is 239 g/mol. The van der Waals surface area contributed by atoms with Crippen LogP contribution in [0.25, 0.3) is 0 Å². The predicted octanol–water partition coefficient (Wildman–Crippen LogP) is 4.47. The molecule has 1 aliphatic carbocycles. The summed E-state index contributed by atoms with van der Waals surface area (Å²) in [6.45, 7) is 16.7. The highest BCUT2D eigenvalue weighted by Crippen LogP contribution is 2.67. The van der Waals surface area contributed by atoms with E-state index in [1.165, 1.54) is 38.8 Å². The van der Waals surface area contributed by atoms with Gasteiger partial charge in [-0.05, 0) is 42.2 Å². The Labute approximate surface area is 109 Å². The van der Waals surface area contributed by atoms with Gasteiger partial charge >= 0.3 is 0 Å². The van der Waals surface area contributed by atoms with Gasteiger partial charge in [-0.1, -0.05) is 60.8 Å². The number of nitrogens with one attached hydrogen (secondary N) is 1. The Balaban J connectivity index is 2.20. The summed E-state index contributed by atoms with van der Waals surface area (Å²) >= 11 is 0. The van der Waals surface area contributed by atoms with Crippen molar-refractivity contribution in [3.63, 3.8) is 0 Å². The van der Waals surface area contributed by atoms with Crippen molar-refractivity contribution in [2.24, 2.45) is 22.7 Å². The van der Waals surface area contributed by atoms with E-state index in [0.29, 0.717) is 10.8 Å². The molecule has 0 aromatic rings. The maximum absolute atomic E-state index is 3.72. The Morgan fingerprint density at radius 1 is 1.06 bits per heavy atom. The first-order valence-corrected chi connectivity index (χ1v) is 7.58. The molecule has 1 rings (SSSR count). The molecule has 0 radical (unpaired) electrons. The summed E-state index contributed by atoms with van der Waals surface area (Å²) in [7, 11) is 0. The van der Waals surface area contributed by atoms with Crippen LogP contribution in [0.15, 0.2) is 0 Å². The topological polar surface area (TPSA) is 12.0 Å². The molecule has 1 fully saturated rings. The number of hydrogen-bond donors (Lipinski definition) is 1. The molecule has 0 aromatic carbocycles. The van der Waals surface area contributed by atoms with Crippen LogP contribution in [0, 0.1) is 22.7 Å². The average Bonchev–Trinajstić information content (AvgIpc) is 2.65. The lowest BCUT2D eigenvalue weighted by Crippen LogP contribution is -2.26. The van der Waals surface area contributed by atoms with E-state index in [9.17, 15) is 0 Å². The van der Waals surface area contributed by atoms with E-state index in [1.807, 2.05) is 0 Å². The molecule has 0 bridgehead atoms. The van der Waals surface area contributed by atoms with Gasteiger partial charge in [0.2, 0.25) is 0 Å². The van der Waals surface area contributed by atoms with Gasteiger partial charge in [-0.3, -0.25) is 0 Å². The molecule has 1 N–H and O–H groups in total. The second-order valence-electron chi connectivity index (χ2n) is 7.07. The van der Waals surface area contributed by atoms with Gasteiger partial charge in [0.25, 0.3) is 0 Å². The van der Waals surface area contributed by atoms with Crippen molar-refractivity contribution in [1.82, 2.24) is 5.32 Å². The zero-order valence-corrected chi connectivity index (χ0v) is 12.9. The molecule has 1 heteroatoms. The van der Waals surface area contributed by atoms with Crippen molar-refractivity contribution < 1.29 is 0 Å². The van der Waals surface area contributed by atoms with Crippen LogP contribution < -0.4 is 5.32 Å². The highest BCUT2D eigenvalue weighted by Gasteiger charge is 2.63. The predicted molar refractivity (Wildman–Crippen MR) is 77.2 cm³/mol. The van der Waals surface area contributed by atoms with Crippen molar-refractivity contribution in [2.75, 3.05) is 13.1 Å². The van der Waals surface area contributed by atoms with Crippen LogP contribution >= 0.6 is 0 Å². The van der Waals surface area contributed by atoms with Crippen LogP contribution in [0.3, 0.4) is 0 Å². The number of rotatable bonds is 8. The van der Waals surface area contributed by atoms with Gasteiger partial charge in [-0.2, -0.15) is 0 Å². The Bertz CT molecular complexity index is 216. The summed E-state index contributed by atoms with van der Waals surface area (Å²) in [5, 5.41) is 3.72. The third-order valence-electron chi connectivity index (χ3n) is 5.64. The highest BCUT2D eigenvalue weighted by molar-refractivity contribution is 5.12. The van der Waals surface area contributed by atoms with Crippen molar-refractivity contribution in [1.29, 1.82) is 0 Å². The molecule has 102 valence electrons. The zero-order valence-electron chi connectivity index (χ0n) is 12.9. The van der Waals surface area contributed by atoms with Gasteiger partial charge in [0.05, 0.1) is 0 Å². The van der Waals surface area contributed by atoms with Gasteiger partial charge in [-0.15, -0.1) is 0 Å². The summed E-state index contributed by atoms with van der Waals surface area (Å²) in [6.07, 6.45) is 5.45. The van der Waals surface area contributed by atoms with Gasteiger partial charge in [0.15, 0.2) is 0 Å². The lowest BCUT2D eigenvalue weighted by atomic mass is 9.99. The Morgan fingerprint density at radius 3 is 2.06 bits per heavy atom. The van der Waals surface area contributed by atoms with Crippen LogP contribution in [0.2, 0.25) is 0 Å². The van der Waals surface area contributed by atoms with Crippen molar-refractivity contribution in [3.05, 3.63) is 0 Å². The Morgan fingerprint density at radius 2 is 1.65 bits per heavy atom. The molecule has 0 heterocycles. The average molecular weight is 239 g/mol. The summed E-state index contributed by atoms with van der Waals surface area (Å²) < 4.78 is 0. The Kier molecular flexibility index (Phi) is 5.07. The number of hydrogen-bond acceptors (Lipinski definition) is 1. The van der Waals surface area contributed by atoms with Crippen LogP contribution in [-0.4, -0.2) is 13.1 Å². The molecule has 1 saturated carbocycles. The smallest absolute Gasteiger partial charge is 0.000977 e. The first kappa shape index (κ1) is 15.0. The van der Waals surface area contributed by atoms with Gasteiger partial charge in [0.1, 0.15) is 0 Å². The van der Waals surface area contributed by atoms with E-state index in [4.69, 9.17) is 0 Å². The normalized spacial score (nSPS) is 23.6. The second kappa shape index (κ2) is 5.73. The van der Waals surface area contributed by atoms with E-state index in [2.05, 4.69) is 46.9 Å². The maximum Gasteiger partial charge on any atom is -0.000977 e. The minimum atomic E-state index is 0.533. The van der Waals surface area contributed by atoms with Crippen molar-refractivity contribution >= 4 is 0 Å². The molecule has 0 saturated heterocycles. The molecular weight excluding hydrogens is 206 g/mol. The third kappa shape index (κ3) is 3.24. The SMILES string of the molecule is CCCCC(CC)CNCC1C(C)(C)C1(C)C. The molecule has 1 unspecified atom stereocenters. The van der Waals surface area contributed by atoms with Crippen LogP contribution in [0.1, 0.15) is 67.2 Å². The maximum atomic E-state index is 3.72. The highest BCUT2D eigenvalue weighted by atomic mass is 14.9. The molecule has 1 aliphatic rings. The standard InChI is InChI=1S/C16H33N/c1-7-9-10-13(8-2)11-17-12-14-15(3,4)16(14,5)6/h13-14,17H,7-12H2,1-6H3. The van der Waals surface area contributed by atoms with Crippen LogP contribution in [0.5, 0.6) is 0 Å². The molecule has 0 aromatic heterocycles. The van der Waals surface area contributed by atoms with Crippen molar-refractivity contribution in [3.8, 4) is 0 Å². The minimum absolute atomic E-state index is 0.533. The number of unbranched alkanes of at least 4 members (excludes halogenated alkanes) is 1. The molecule has 0 spiro atoms. The third-order valence-corrected chi connectivity index (χ3v) is 5.64. The fraction of sp³-hybridized carbons (Fsp3) is 1.00. The van der Waals surface area contributed by atoms with E-state index in [0.717, 1.165) is 11.8 Å². The Hall–Kier alpha value is -0.0400. The largest absolute Gasteiger partial charge is 0.316 e. The fourth-order valence-corrected chi connectivity index (χ4v) is 3.22. The van der Waals surface area contributed by atoms with Crippen molar-refractivity contribution in [2.45, 2.75) is 67.2 Å². The lowest BCUT2D eigenvalue weighted by molar-refractivity contribution is 0.405. The first-order chi connectivity index (χ1) is 7.87. The molecule has 1 nitrogen and oxygen atoms in total. The summed E-state index contributed by atoms with van der Waals surface area (Å²) in [5.74, 6) is 1.75.